The summed E-state index contributed by atoms with van der Waals surface area (Å²) in [5.74, 6) is -4.77. The molecular weight excluding hydrogens is 1050 g/mol. The van der Waals surface area contributed by atoms with Crippen molar-refractivity contribution in [3.8, 4) is 0 Å². The van der Waals surface area contributed by atoms with Gasteiger partial charge in [0.1, 0.15) is 26.4 Å². The molecule has 0 aliphatic carbocycles. The van der Waals surface area contributed by atoms with E-state index < -0.39 is 23.1 Å². The fraction of sp³-hybridized carbons (Fsp3) is 0.222. The van der Waals surface area contributed by atoms with Crippen molar-refractivity contribution in [3.05, 3.63) is 256 Å². The Kier molecular flexibility index (Phi) is 13.9. The summed E-state index contributed by atoms with van der Waals surface area (Å²) in [6.07, 6.45) is 42.8. The number of benzene rings is 1. The Morgan fingerprint density at radius 3 is 0.463 bits per heavy atom. The lowest BCUT2D eigenvalue weighted by molar-refractivity contribution is -0.0254. The molecule has 0 spiro atoms. The minimum Gasteiger partial charge on any atom is -0.370 e. The summed E-state index contributed by atoms with van der Waals surface area (Å²) >= 11 is 0. The Bertz CT molecular complexity index is 3030. The van der Waals surface area contributed by atoms with Gasteiger partial charge in [-0.25, -0.2) is 56.2 Å². The van der Waals surface area contributed by atoms with Crippen molar-refractivity contribution >= 4 is 0 Å². The Balaban J connectivity index is 0.905. The zero-order valence-electron chi connectivity index (χ0n) is 44.0. The van der Waals surface area contributed by atoms with Gasteiger partial charge >= 0.3 is 0 Å². The molecule has 12 aromatic heterocycles. The quantitative estimate of drug-likeness (QED) is 0.0677. The zero-order chi connectivity index (χ0) is 55.1. The number of rotatable bonds is 28. The lowest BCUT2D eigenvalue weighted by atomic mass is 9.99. The molecule has 0 amide bonds. The third-order valence-electron chi connectivity index (χ3n) is 14.2. The Morgan fingerprint density at radius 1 is 0.220 bits per heavy atom. The van der Waals surface area contributed by atoms with E-state index in [9.17, 15) is 0 Å². The Hall–Kier alpha value is -10.4. The molecule has 0 aliphatic heterocycles. The molecule has 13 aromatic rings. The smallest absolute Gasteiger partial charge is 0.273 e. The second-order valence-electron chi connectivity index (χ2n) is 18.9. The van der Waals surface area contributed by atoms with Crippen LogP contribution in [0.15, 0.2) is 234 Å². The lowest BCUT2D eigenvalue weighted by Crippen LogP contribution is -2.52. The van der Waals surface area contributed by atoms with Crippen molar-refractivity contribution < 1.29 is 18.9 Å². The van der Waals surface area contributed by atoms with E-state index in [0.717, 1.165) is 22.3 Å². The fourth-order valence-electron chi connectivity index (χ4n) is 10.3. The normalized spacial score (nSPS) is 12.5. The summed E-state index contributed by atoms with van der Waals surface area (Å²) in [7, 11) is 0. The standard InChI is InChI=1S/C54H54N24O4/c1-13-55-67(25-1)51(68-26-2-14-56-68,69-27-3-15-57-69)43-79-39-47-37-49(41-81-45-53(73-31-7-19-61-73,74-32-8-20-62-74)75-33-9-21-63-75)50(42-82-46-54(76-34-10-22-64-76,77-35-11-23-65-77)78-36-12-24-66-78)38-48(47)40-80-44-52(70-28-4-16-58-70,71-29-5-17-59-71)72-30-6-18-60-72/h1-38H,39-46H2. The molecule has 0 fully saturated rings. The van der Waals surface area contributed by atoms with Gasteiger partial charge in [0.05, 0.1) is 26.4 Å². The molecule has 0 bridgehead atoms. The van der Waals surface area contributed by atoms with Crippen LogP contribution in [0.2, 0.25) is 0 Å². The molecule has 0 aliphatic rings. The van der Waals surface area contributed by atoms with E-state index in [0.29, 0.717) is 0 Å². The van der Waals surface area contributed by atoms with E-state index in [1.165, 1.54) is 0 Å². The predicted molar refractivity (Wildman–Crippen MR) is 287 cm³/mol. The molecule has 0 saturated carbocycles. The lowest BCUT2D eigenvalue weighted by Gasteiger charge is -2.35. The van der Waals surface area contributed by atoms with Gasteiger partial charge in [0, 0.05) is 149 Å². The largest absolute Gasteiger partial charge is 0.370 e. The average Bonchev–Trinajstić information content (AvgIpc) is 3.81. The van der Waals surface area contributed by atoms with Crippen molar-refractivity contribution in [3.63, 3.8) is 0 Å². The third-order valence-corrected chi connectivity index (χ3v) is 14.2. The molecule has 0 saturated heterocycles. The van der Waals surface area contributed by atoms with Gasteiger partial charge in [-0.1, -0.05) is 12.1 Å². The molecule has 28 heteroatoms. The van der Waals surface area contributed by atoms with Crippen LogP contribution in [0.5, 0.6) is 0 Å². The van der Waals surface area contributed by atoms with Gasteiger partial charge in [-0.05, 0) is 95.1 Å². The molecule has 1 aromatic carbocycles. The van der Waals surface area contributed by atoms with Crippen LogP contribution < -0.4 is 0 Å². The SMILES string of the molecule is c1cnn(C(COCc2cc(COCC(n3cccn3)(n3cccn3)n3cccn3)c(COCC(n3cccn3)(n3cccn3)n3cccn3)cc2COCC(n2cccn2)(n2cccn2)n2cccn2)(n2cccn2)n2cccn2)c1. The molecule has 0 N–H and O–H groups in total. The summed E-state index contributed by atoms with van der Waals surface area (Å²) < 4.78 is 49.1. The minimum absolute atomic E-state index is 0.0343. The number of hydrogen-bond acceptors (Lipinski definition) is 16. The average molecular weight is 1100 g/mol. The fourth-order valence-corrected chi connectivity index (χ4v) is 10.3. The van der Waals surface area contributed by atoms with Crippen molar-refractivity contribution in [2.45, 2.75) is 49.6 Å². The Labute approximate surface area is 466 Å². The van der Waals surface area contributed by atoms with Crippen molar-refractivity contribution in [1.29, 1.82) is 0 Å². The molecular formula is C54H54N24O4. The molecule has 82 heavy (non-hydrogen) atoms. The monoisotopic (exact) mass is 1100 g/mol. The maximum atomic E-state index is 6.96. The molecule has 0 atom stereocenters. The Morgan fingerprint density at radius 2 is 0.354 bits per heavy atom. The highest BCUT2D eigenvalue weighted by Gasteiger charge is 2.43. The first-order valence-electron chi connectivity index (χ1n) is 26.1. The number of nitrogens with zero attached hydrogens (tertiary/aromatic N) is 24. The highest BCUT2D eigenvalue weighted by Crippen LogP contribution is 2.30. The van der Waals surface area contributed by atoms with E-state index in [1.807, 2.05) is 147 Å². The van der Waals surface area contributed by atoms with Crippen molar-refractivity contribution in [2.75, 3.05) is 26.4 Å². The van der Waals surface area contributed by atoms with Gasteiger partial charge in [-0.3, -0.25) is 0 Å². The van der Waals surface area contributed by atoms with E-state index >= 15 is 0 Å². The van der Waals surface area contributed by atoms with Crippen LogP contribution in [0.1, 0.15) is 22.3 Å². The minimum atomic E-state index is -1.19. The molecule has 0 unspecified atom stereocenters. The highest BCUT2D eigenvalue weighted by atomic mass is 16.5. The van der Waals surface area contributed by atoms with E-state index in [2.05, 4.69) is 12.1 Å². The van der Waals surface area contributed by atoms with Crippen LogP contribution in [0.3, 0.4) is 0 Å². The number of aromatic nitrogens is 24. The summed E-state index contributed by atoms with van der Waals surface area (Å²) in [5.41, 5.74) is 3.16. The number of ether oxygens (including phenoxy) is 4. The van der Waals surface area contributed by atoms with Crippen molar-refractivity contribution in [1.82, 2.24) is 117 Å². The predicted octanol–water partition coefficient (Wildman–Crippen LogP) is 3.74. The molecule has 13 rings (SSSR count). The summed E-state index contributed by atoms with van der Waals surface area (Å²) in [5, 5.41) is 56.5. The summed E-state index contributed by atoms with van der Waals surface area (Å²) in [6, 6.07) is 26.4. The van der Waals surface area contributed by atoms with Gasteiger partial charge in [-0.2, -0.15) is 61.2 Å². The first-order valence-corrected chi connectivity index (χ1v) is 26.1. The summed E-state index contributed by atoms with van der Waals surface area (Å²) in [6.45, 7) is 0.470. The molecule has 414 valence electrons. The van der Waals surface area contributed by atoms with Crippen LogP contribution in [0.4, 0.5) is 0 Å². The highest BCUT2D eigenvalue weighted by molar-refractivity contribution is 5.38. The van der Waals surface area contributed by atoms with Crippen LogP contribution in [-0.2, 0) is 68.5 Å². The van der Waals surface area contributed by atoms with Gasteiger partial charge in [0.15, 0.2) is 0 Å². The molecule has 0 radical (unpaired) electrons. The van der Waals surface area contributed by atoms with E-state index in [1.54, 1.807) is 131 Å². The molecule has 28 nitrogen and oxygen atoms in total. The second kappa shape index (κ2) is 22.4. The third kappa shape index (κ3) is 9.11. The first kappa shape index (κ1) is 51.0. The maximum Gasteiger partial charge on any atom is 0.273 e. The van der Waals surface area contributed by atoms with Crippen LogP contribution >= 0.6 is 0 Å². The van der Waals surface area contributed by atoms with Gasteiger partial charge in [0.25, 0.3) is 23.1 Å². The van der Waals surface area contributed by atoms with Crippen molar-refractivity contribution in [2.24, 2.45) is 0 Å². The topological polar surface area (TPSA) is 251 Å². The zero-order valence-corrected chi connectivity index (χ0v) is 44.0. The van der Waals surface area contributed by atoms with E-state index in [-0.39, 0.29) is 52.9 Å². The van der Waals surface area contributed by atoms with Crippen LogP contribution in [-0.4, -0.2) is 144 Å². The van der Waals surface area contributed by atoms with Gasteiger partial charge < -0.3 is 18.9 Å². The molecule has 12 heterocycles. The van der Waals surface area contributed by atoms with Gasteiger partial charge in [0.2, 0.25) is 0 Å². The summed E-state index contributed by atoms with van der Waals surface area (Å²) in [4.78, 5) is 0. The first-order chi connectivity index (χ1) is 40.6. The van der Waals surface area contributed by atoms with Crippen LogP contribution in [0.25, 0.3) is 0 Å². The van der Waals surface area contributed by atoms with E-state index in [4.69, 9.17) is 80.1 Å². The number of hydrogen-bond donors (Lipinski definition) is 0. The maximum absolute atomic E-state index is 6.96. The second-order valence-corrected chi connectivity index (χ2v) is 18.9. The van der Waals surface area contributed by atoms with Gasteiger partial charge in [-0.15, -0.1) is 0 Å². The van der Waals surface area contributed by atoms with Crippen LogP contribution in [0, 0.1) is 0 Å².